The molecule has 33 nitrogen and oxygen atoms in total. The van der Waals surface area contributed by atoms with Gasteiger partial charge in [-0.15, -0.1) is 0 Å². The minimum Gasteiger partial charge on any atom is -0.368 e. The molecule has 0 unspecified atom stereocenters. The number of hydrogen-bond acceptors (Lipinski definition) is 24. The Morgan fingerprint density at radius 2 is 0.741 bits per heavy atom. The fourth-order valence-electron chi connectivity index (χ4n) is 4.48. The quantitative estimate of drug-likeness (QED) is 0.136. The molecular weight excluding hydrogens is 750 g/mol. The van der Waals surface area contributed by atoms with Crippen molar-refractivity contribution >= 4 is 86.1 Å². The Labute approximate surface area is 289 Å². The van der Waals surface area contributed by atoms with E-state index in [1.807, 2.05) is 5.32 Å². The molecule has 0 fully saturated rings. The molecule has 3 aromatic carbocycles. The number of nitrogens with one attached hydrogen (secondary N) is 1. The van der Waals surface area contributed by atoms with Crippen LogP contribution in [0.25, 0.3) is 0 Å². The van der Waals surface area contributed by atoms with Gasteiger partial charge in [-0.3, -0.25) is 95.9 Å². The average Bonchev–Trinajstić information content (AvgIpc) is 3.07. The van der Waals surface area contributed by atoms with E-state index < -0.39 is 130 Å². The van der Waals surface area contributed by atoms with E-state index in [1.165, 1.54) is 0 Å². The summed E-state index contributed by atoms with van der Waals surface area (Å²) in [5.74, 6) is -3.85. The number of nitrogens with two attached hydrogens (primary N) is 1. The molecule has 1 aromatic heterocycles. The van der Waals surface area contributed by atoms with E-state index >= 15 is 0 Å². The van der Waals surface area contributed by atoms with Crippen LogP contribution < -0.4 is 16.0 Å². The van der Waals surface area contributed by atoms with Crippen molar-refractivity contribution in [3.8, 4) is 0 Å². The first-order chi connectivity index (χ1) is 25.1. The van der Waals surface area contributed by atoms with Crippen LogP contribution in [0.4, 0.5) is 86.1 Å². The maximum absolute atomic E-state index is 12.3. The van der Waals surface area contributed by atoms with E-state index in [-0.39, 0.29) is 41.3 Å². The Kier molecular flexibility index (Phi) is 9.64. The molecule has 0 aliphatic rings. The van der Waals surface area contributed by atoms with Gasteiger partial charge in [0.15, 0.2) is 5.69 Å². The average molecular weight is 759 g/mol. The van der Waals surface area contributed by atoms with Gasteiger partial charge in [-0.2, -0.15) is 15.0 Å². The lowest BCUT2D eigenvalue weighted by Crippen LogP contribution is -2.21. The molecule has 4 rings (SSSR count). The summed E-state index contributed by atoms with van der Waals surface area (Å²) in [7, 11) is 0. The van der Waals surface area contributed by atoms with E-state index in [9.17, 15) is 91.0 Å². The van der Waals surface area contributed by atoms with Crippen LogP contribution in [-0.4, -0.2) is 59.3 Å². The number of hydrogen-bond donors (Lipinski definition) is 2. The van der Waals surface area contributed by atoms with Crippen LogP contribution >= 0.6 is 0 Å². The van der Waals surface area contributed by atoms with Crippen LogP contribution in [0, 0.1) is 91.0 Å². The van der Waals surface area contributed by atoms with Gasteiger partial charge in [-0.05, 0) is 0 Å². The zero-order valence-electron chi connectivity index (χ0n) is 25.2. The first-order valence-electron chi connectivity index (χ1n) is 13.1. The Morgan fingerprint density at radius 3 is 1.02 bits per heavy atom. The highest BCUT2D eigenvalue weighted by atomic mass is 16.7. The minimum absolute atomic E-state index is 0.0612. The van der Waals surface area contributed by atoms with Crippen molar-refractivity contribution in [2.24, 2.45) is 0 Å². The normalized spacial score (nSPS) is 10.5. The van der Waals surface area contributed by atoms with Gasteiger partial charge in [0.2, 0.25) is 29.2 Å². The van der Waals surface area contributed by atoms with Crippen LogP contribution in [0.1, 0.15) is 0 Å². The third-order valence-corrected chi connectivity index (χ3v) is 6.53. The van der Waals surface area contributed by atoms with Gasteiger partial charge >= 0.3 is 34.1 Å². The predicted octanol–water partition coefficient (Wildman–Crippen LogP) is 3.84. The predicted molar refractivity (Wildman–Crippen MR) is 169 cm³/mol. The van der Waals surface area contributed by atoms with Gasteiger partial charge in [-0.25, -0.2) is 0 Å². The third-order valence-electron chi connectivity index (χ3n) is 6.53. The zero-order chi connectivity index (χ0) is 40.5. The summed E-state index contributed by atoms with van der Waals surface area (Å²) < 4.78 is 0. The Bertz CT molecular complexity index is 2220. The van der Waals surface area contributed by atoms with E-state index in [0.717, 1.165) is 0 Å². The summed E-state index contributed by atoms with van der Waals surface area (Å²) in [5.41, 5.74) is -12.2. The van der Waals surface area contributed by atoms with Gasteiger partial charge in [0.1, 0.15) is 0 Å². The van der Waals surface area contributed by atoms with Crippen LogP contribution in [0.15, 0.2) is 36.4 Å². The number of nitro benzene ring substituents is 9. The van der Waals surface area contributed by atoms with Crippen molar-refractivity contribution in [2.45, 2.75) is 0 Å². The van der Waals surface area contributed by atoms with Crippen molar-refractivity contribution in [3.05, 3.63) is 127 Å². The highest BCUT2D eigenvalue weighted by Gasteiger charge is 2.44. The number of rotatable bonds is 14. The molecule has 0 amide bonds. The highest BCUT2D eigenvalue weighted by molar-refractivity contribution is 5.95. The largest absolute Gasteiger partial charge is 0.368 e. The molecule has 3 N–H and O–H groups in total. The molecule has 0 saturated carbocycles. The van der Waals surface area contributed by atoms with Crippen molar-refractivity contribution in [1.29, 1.82) is 0 Å². The molecule has 0 radical (unpaired) electrons. The number of non-ortho nitro benzene ring substituents is 3. The van der Waals surface area contributed by atoms with E-state index in [0.29, 0.717) is 0 Å². The number of nitrogen functional groups attached to an aromatic ring is 1. The SMILES string of the molecule is Nc1nc(Nc2c([N+](=O)[O-])cc([N+](=O)[O-])cc2[N+](=O)[O-])nc(N(c2c([N+](=O)[O-])cc([N+](=O)[O-])cc2[N+](=O)[O-])c2c([N+](=O)[O-])cc([N+](=O)[O-])cc2[N+](=O)[O-])n1. The molecule has 0 saturated heterocycles. The minimum atomic E-state index is -1.70. The zero-order valence-corrected chi connectivity index (χ0v) is 25.2. The Morgan fingerprint density at radius 1 is 0.444 bits per heavy atom. The fourth-order valence-corrected chi connectivity index (χ4v) is 4.48. The second kappa shape index (κ2) is 13.9. The molecule has 4 aromatic rings. The lowest BCUT2D eigenvalue weighted by molar-refractivity contribution is -0.402. The fraction of sp³-hybridized carbons (Fsp3) is 0. The van der Waals surface area contributed by atoms with Crippen LogP contribution in [0.2, 0.25) is 0 Å². The molecule has 0 bridgehead atoms. The molecule has 0 aliphatic heterocycles. The van der Waals surface area contributed by atoms with Crippen molar-refractivity contribution in [2.75, 3.05) is 16.0 Å². The van der Waals surface area contributed by atoms with Gasteiger partial charge in [0, 0.05) is 0 Å². The third kappa shape index (κ3) is 7.03. The monoisotopic (exact) mass is 759 g/mol. The lowest BCUT2D eigenvalue weighted by atomic mass is 10.1. The first kappa shape index (κ1) is 37.5. The topological polar surface area (TPSA) is 468 Å². The van der Waals surface area contributed by atoms with E-state index in [4.69, 9.17) is 5.73 Å². The van der Waals surface area contributed by atoms with Gasteiger partial charge < -0.3 is 11.1 Å². The molecule has 33 heteroatoms. The second-order valence-corrected chi connectivity index (χ2v) is 9.62. The summed E-state index contributed by atoms with van der Waals surface area (Å²) in [4.78, 5) is 105. The van der Waals surface area contributed by atoms with Crippen LogP contribution in [0.3, 0.4) is 0 Å². The highest BCUT2D eigenvalue weighted by Crippen LogP contribution is 2.53. The van der Waals surface area contributed by atoms with Gasteiger partial charge in [-0.1, -0.05) is 0 Å². The molecule has 1 heterocycles. The summed E-state index contributed by atoms with van der Waals surface area (Å²) in [6, 6.07) is 0.718. The lowest BCUT2D eigenvalue weighted by Gasteiger charge is -2.22. The molecule has 0 spiro atoms. The summed E-state index contributed by atoms with van der Waals surface area (Å²) in [6.07, 6.45) is 0. The molecule has 276 valence electrons. The molecular formula is C21H9N15O18. The Hall–Kier alpha value is -9.33. The van der Waals surface area contributed by atoms with E-state index in [2.05, 4.69) is 15.0 Å². The maximum Gasteiger partial charge on any atom is 0.307 e. The Balaban J connectivity index is 2.25. The standard InChI is InChI=1S/C21H9N15O18/c22-19-24-20(23-16-10(31(43)44)1-7(28(37)38)2-11(16)32(45)46)26-21(25-19)27(17-12(33(47)48)3-8(29(39)40)4-13(17)34(49)50)18-14(35(51)52)5-9(30(41)42)6-15(18)36(53)54/h1-6H,(H3,22,23,24,25,26). The number of nitro groups is 9. The maximum atomic E-state index is 12.3. The van der Waals surface area contributed by atoms with Crippen molar-refractivity contribution < 1.29 is 44.3 Å². The molecule has 0 atom stereocenters. The summed E-state index contributed by atoms with van der Waals surface area (Å²) in [6.45, 7) is 0. The van der Waals surface area contributed by atoms with Crippen molar-refractivity contribution in [1.82, 2.24) is 15.0 Å². The number of aromatic nitrogens is 3. The summed E-state index contributed by atoms with van der Waals surface area (Å²) >= 11 is 0. The van der Waals surface area contributed by atoms with E-state index in [1.54, 1.807) is 0 Å². The number of anilines is 6. The summed E-state index contributed by atoms with van der Waals surface area (Å²) in [5, 5.41) is 109. The molecule has 0 aliphatic carbocycles. The van der Waals surface area contributed by atoms with Gasteiger partial charge in [0.05, 0.1) is 80.7 Å². The number of benzene rings is 3. The van der Waals surface area contributed by atoms with Crippen LogP contribution in [0.5, 0.6) is 0 Å². The smallest absolute Gasteiger partial charge is 0.307 e. The first-order valence-corrected chi connectivity index (χ1v) is 13.1. The number of nitrogens with zero attached hydrogens (tertiary/aromatic N) is 13. The van der Waals surface area contributed by atoms with Crippen LogP contribution in [-0.2, 0) is 0 Å². The molecule has 54 heavy (non-hydrogen) atoms. The second-order valence-electron chi connectivity index (χ2n) is 9.62. The van der Waals surface area contributed by atoms with Crippen molar-refractivity contribution in [3.63, 3.8) is 0 Å². The van der Waals surface area contributed by atoms with Gasteiger partial charge in [0.25, 0.3) is 17.1 Å².